The van der Waals surface area contributed by atoms with Crippen LogP contribution < -0.4 is 0 Å². The van der Waals surface area contributed by atoms with Crippen LogP contribution in [0.4, 0.5) is 0 Å². The Morgan fingerprint density at radius 1 is 0.500 bits per heavy atom. The van der Waals surface area contributed by atoms with E-state index in [-0.39, 0.29) is 48.8 Å². The van der Waals surface area contributed by atoms with Crippen molar-refractivity contribution in [2.24, 2.45) is 0 Å². The van der Waals surface area contributed by atoms with Crippen molar-refractivity contribution < 1.29 is 42.6 Å². The standard InChI is InChI=1S/C65H66N3O.Pt/c1-41-34-58(54(43-18-15-14-16-19-43)40-53(41)44-24-28-49(29-25-44)63(5,6)7)68-57-21-17-20-52(60(57)67-61(68)55-39-50(64(8,9)10)30-31-59(55)69)46-35-47(37-51(36-46)65(11,12)13)56-38-45(32-33-66-56)42-22-26-48(27-23-42)62(2,3)4;/h14-34,36-40,69H,1-13H3;/q-1;/i1D3,2D3,3D3,4D3;. The van der Waals surface area contributed by atoms with E-state index in [2.05, 4.69) is 86.6 Å². The molecule has 9 aromatic rings. The predicted octanol–water partition coefficient (Wildman–Crippen LogP) is 17.4. The zero-order valence-corrected chi connectivity index (χ0v) is 43.4. The monoisotopic (exact) mass is 1110 g/mol. The molecule has 70 heavy (non-hydrogen) atoms. The molecule has 0 saturated carbocycles. The summed E-state index contributed by atoms with van der Waals surface area (Å²) < 4.78 is 103. The van der Waals surface area contributed by atoms with Gasteiger partial charge in [0.15, 0.2) is 0 Å². The number of imidazole rings is 1. The second-order valence-electron chi connectivity index (χ2n) is 21.2. The van der Waals surface area contributed by atoms with Gasteiger partial charge in [-0.3, -0.25) is 9.55 Å². The first-order chi connectivity index (χ1) is 37.5. The molecule has 2 heterocycles. The largest absolute Gasteiger partial charge is 0.507 e. The summed E-state index contributed by atoms with van der Waals surface area (Å²) in [6.07, 6.45) is 1.63. The van der Waals surface area contributed by atoms with Crippen molar-refractivity contribution in [3.05, 3.63) is 192 Å². The first-order valence-electron chi connectivity index (χ1n) is 29.4. The van der Waals surface area contributed by atoms with Crippen LogP contribution in [0.5, 0.6) is 5.75 Å². The molecule has 5 heteroatoms. The molecular formula is C65H66N3OPt-. The minimum absolute atomic E-state index is 0. The molecule has 0 spiro atoms. The number of para-hydroxylation sites is 1. The van der Waals surface area contributed by atoms with Crippen LogP contribution in [0.15, 0.2) is 158 Å². The Bertz CT molecular complexity index is 3780. The first kappa shape index (κ1) is 36.6. The van der Waals surface area contributed by atoms with Gasteiger partial charge in [-0.2, -0.15) is 0 Å². The smallest absolute Gasteiger partial charge is 0.148 e. The third-order valence-electron chi connectivity index (χ3n) is 13.0. The Hall–Kier alpha value is -6.35. The normalized spacial score (nSPS) is 15.6. The average Bonchev–Trinajstić information content (AvgIpc) is 3.43. The van der Waals surface area contributed by atoms with Gasteiger partial charge in [0.25, 0.3) is 0 Å². The molecule has 358 valence electrons. The molecule has 0 atom stereocenters. The third kappa shape index (κ3) is 9.99. The number of nitrogens with zero attached hydrogens (tertiary/aromatic N) is 3. The summed E-state index contributed by atoms with van der Waals surface area (Å²) in [7, 11) is 0. The molecule has 0 aliphatic rings. The van der Waals surface area contributed by atoms with Gasteiger partial charge in [-0.05, 0) is 115 Å². The Balaban J connectivity index is 0.00000880. The van der Waals surface area contributed by atoms with E-state index in [4.69, 9.17) is 26.4 Å². The van der Waals surface area contributed by atoms with Gasteiger partial charge in [-0.15, -0.1) is 29.3 Å². The van der Waals surface area contributed by atoms with Gasteiger partial charge in [0.1, 0.15) is 11.6 Å². The molecule has 0 radical (unpaired) electrons. The zero-order valence-electron chi connectivity index (χ0n) is 53.1. The van der Waals surface area contributed by atoms with E-state index in [0.29, 0.717) is 67.2 Å². The number of rotatable bonds is 7. The number of aromatic nitrogens is 3. The summed E-state index contributed by atoms with van der Waals surface area (Å²) in [5, 5.41) is 12.0. The fraction of sp³-hybridized carbons (Fsp3) is 0.262. The van der Waals surface area contributed by atoms with Crippen molar-refractivity contribution in [1.82, 2.24) is 14.5 Å². The number of pyridine rings is 1. The van der Waals surface area contributed by atoms with Gasteiger partial charge in [-0.25, -0.2) is 4.98 Å². The summed E-state index contributed by atoms with van der Waals surface area (Å²) in [4.78, 5) is 10.3. The first-order valence-corrected chi connectivity index (χ1v) is 23.4. The number of benzene rings is 7. The van der Waals surface area contributed by atoms with Gasteiger partial charge >= 0.3 is 0 Å². The Kier molecular flexibility index (Phi) is 9.80. The average molecular weight is 1110 g/mol. The number of hydrogen-bond acceptors (Lipinski definition) is 3. The quantitative estimate of drug-likeness (QED) is 0.162. The summed E-state index contributed by atoms with van der Waals surface area (Å²) in [5.74, 6) is 0.378. The molecule has 0 aliphatic heterocycles. The van der Waals surface area contributed by atoms with Crippen molar-refractivity contribution in [3.63, 3.8) is 0 Å². The van der Waals surface area contributed by atoms with Crippen LogP contribution in [-0.2, 0) is 42.7 Å². The van der Waals surface area contributed by atoms with E-state index in [0.717, 1.165) is 33.4 Å². The number of aromatic hydroxyl groups is 1. The fourth-order valence-electron chi connectivity index (χ4n) is 8.89. The Morgan fingerprint density at radius 3 is 1.76 bits per heavy atom. The number of phenols is 1. The second kappa shape index (κ2) is 18.8. The minimum Gasteiger partial charge on any atom is -0.507 e. The van der Waals surface area contributed by atoms with Crippen molar-refractivity contribution in [2.45, 2.75) is 111 Å². The molecular weight excluding hydrogens is 1030 g/mol. The van der Waals surface area contributed by atoms with Gasteiger partial charge in [0, 0.05) is 55.0 Å². The van der Waals surface area contributed by atoms with Crippen molar-refractivity contribution >= 4 is 11.0 Å². The summed E-state index contributed by atoms with van der Waals surface area (Å²) >= 11 is 0. The van der Waals surface area contributed by atoms with Gasteiger partial charge in [-0.1, -0.05) is 197 Å². The van der Waals surface area contributed by atoms with Crippen LogP contribution in [0.2, 0.25) is 0 Å². The Labute approximate surface area is 448 Å². The maximum absolute atomic E-state index is 12.0. The molecule has 2 aromatic heterocycles. The van der Waals surface area contributed by atoms with Crippen molar-refractivity contribution in [3.8, 4) is 78.6 Å². The molecule has 0 amide bonds. The SMILES string of the molecule is [2H]C([2H])([2H])c1cc(-n2c(-c3cc(C(C)(C)C)ccc3O)nc3c(-c4[c-]c(-c5cc(-c6ccc(C(C([2H])([2H])[2H])(C([2H])([2H])[2H])C([2H])([2H])[2H])cc6)ccn5)cc(C(C)(C)C)c4)cccc32)c(-c2ccccc2)cc1-c1ccc(C(C)(C)C)cc1.[Pt]. The van der Waals surface area contributed by atoms with Gasteiger partial charge in [0.2, 0.25) is 0 Å². The summed E-state index contributed by atoms with van der Waals surface area (Å²) in [6, 6.07) is 50.0. The topological polar surface area (TPSA) is 50.9 Å². The van der Waals surface area contributed by atoms with Crippen LogP contribution in [0.25, 0.3) is 83.9 Å². The molecule has 0 unspecified atom stereocenters. The van der Waals surface area contributed by atoms with Crippen LogP contribution in [-0.4, -0.2) is 19.6 Å². The van der Waals surface area contributed by atoms with Crippen LogP contribution in [0.1, 0.15) is 127 Å². The summed E-state index contributed by atoms with van der Waals surface area (Å²) in [5.41, 5.74) is 7.68. The van der Waals surface area contributed by atoms with E-state index in [9.17, 15) is 5.11 Å². The molecule has 1 N–H and O–H groups in total. The van der Waals surface area contributed by atoms with Crippen LogP contribution in [0.3, 0.4) is 0 Å². The van der Waals surface area contributed by atoms with E-state index in [1.54, 1.807) is 24.4 Å². The van der Waals surface area contributed by atoms with Crippen LogP contribution in [0, 0.1) is 12.9 Å². The third-order valence-corrected chi connectivity index (χ3v) is 13.0. The molecule has 0 aliphatic carbocycles. The maximum Gasteiger partial charge on any atom is 0.148 e. The van der Waals surface area contributed by atoms with Crippen molar-refractivity contribution in [2.75, 3.05) is 0 Å². The van der Waals surface area contributed by atoms with E-state index in [1.807, 2.05) is 95.6 Å². The summed E-state index contributed by atoms with van der Waals surface area (Å²) in [6.45, 7) is 6.27. The molecule has 4 nitrogen and oxygen atoms in total. The predicted molar refractivity (Wildman–Crippen MR) is 292 cm³/mol. The number of fused-ring (bicyclic) bond motifs is 1. The van der Waals surface area contributed by atoms with E-state index < -0.39 is 38.2 Å². The second-order valence-corrected chi connectivity index (χ2v) is 21.2. The molecule has 0 saturated heterocycles. The molecule has 0 bridgehead atoms. The van der Waals surface area contributed by atoms with Crippen LogP contribution >= 0.6 is 0 Å². The molecule has 7 aromatic carbocycles. The zero-order chi connectivity index (χ0) is 59.2. The number of aryl methyl sites for hydroxylation is 1. The number of hydrogen-bond donors (Lipinski definition) is 1. The van der Waals surface area contributed by atoms with E-state index in [1.165, 1.54) is 24.3 Å². The Morgan fingerprint density at radius 2 is 1.11 bits per heavy atom. The molecule has 0 fully saturated rings. The molecule has 9 rings (SSSR count). The van der Waals surface area contributed by atoms with Gasteiger partial charge < -0.3 is 5.11 Å². The minimum atomic E-state index is -3.40. The maximum atomic E-state index is 12.0. The van der Waals surface area contributed by atoms with Gasteiger partial charge in [0.05, 0.1) is 22.3 Å². The fourth-order valence-corrected chi connectivity index (χ4v) is 8.89. The van der Waals surface area contributed by atoms with E-state index >= 15 is 0 Å². The van der Waals surface area contributed by atoms with Crippen molar-refractivity contribution in [1.29, 1.82) is 0 Å². The number of phenolic OH excluding ortho intramolecular Hbond substituents is 1.